The fourth-order valence-corrected chi connectivity index (χ4v) is 4.07. The third kappa shape index (κ3) is 5.56. The number of hydrogen-bond acceptors (Lipinski definition) is 5. The topological polar surface area (TPSA) is 84.9 Å². The number of amides is 1. The van der Waals surface area contributed by atoms with Crippen molar-refractivity contribution in [2.24, 2.45) is 5.92 Å². The first kappa shape index (κ1) is 21.1. The molecule has 0 spiro atoms. The molecule has 1 fully saturated rings. The van der Waals surface area contributed by atoms with Gasteiger partial charge in [0.15, 0.2) is 14.4 Å². The summed E-state index contributed by atoms with van der Waals surface area (Å²) < 4.78 is 11.0. The number of aliphatic hydroxyl groups excluding tert-OH is 1. The Balaban J connectivity index is 2.50. The molecule has 140 valence electrons. The van der Waals surface area contributed by atoms with Crippen LogP contribution in [-0.4, -0.2) is 51.2 Å². The third-order valence-electron chi connectivity index (χ3n) is 5.30. The molecule has 0 heterocycles. The molecular weight excluding hydrogens is 326 g/mol. The van der Waals surface area contributed by atoms with Crippen LogP contribution < -0.4 is 5.32 Å². The molecule has 1 atom stereocenters. The van der Waals surface area contributed by atoms with E-state index in [4.69, 9.17) is 4.43 Å². The van der Waals surface area contributed by atoms with Crippen molar-refractivity contribution in [1.29, 1.82) is 0 Å². The van der Waals surface area contributed by atoms with E-state index in [1.165, 1.54) is 7.11 Å². The summed E-state index contributed by atoms with van der Waals surface area (Å²) in [7, 11) is -0.551. The number of ether oxygens (including phenoxy) is 1. The van der Waals surface area contributed by atoms with Gasteiger partial charge in [-0.2, -0.15) is 0 Å². The van der Waals surface area contributed by atoms with E-state index in [0.29, 0.717) is 0 Å². The molecule has 7 heteroatoms. The number of hydrogen-bond donors (Lipinski definition) is 2. The van der Waals surface area contributed by atoms with Crippen LogP contribution in [0.15, 0.2) is 0 Å². The summed E-state index contributed by atoms with van der Waals surface area (Å²) in [6.45, 7) is 10.7. The lowest BCUT2D eigenvalue weighted by molar-refractivity contribution is -0.147. The number of carbonyl (C=O) groups is 2. The first-order chi connectivity index (χ1) is 11.0. The Morgan fingerprint density at radius 1 is 1.21 bits per heavy atom. The average Bonchev–Trinajstić information content (AvgIpc) is 2.50. The molecule has 1 saturated carbocycles. The van der Waals surface area contributed by atoms with Crippen molar-refractivity contribution < 1.29 is 23.9 Å². The van der Waals surface area contributed by atoms with Crippen LogP contribution >= 0.6 is 0 Å². The zero-order valence-corrected chi connectivity index (χ0v) is 16.8. The molecule has 0 aromatic heterocycles. The van der Waals surface area contributed by atoms with Crippen molar-refractivity contribution in [3.8, 4) is 0 Å². The van der Waals surface area contributed by atoms with E-state index >= 15 is 0 Å². The normalized spacial score (nSPS) is 23.5. The summed E-state index contributed by atoms with van der Waals surface area (Å²) in [6.07, 6.45) is 3.40. The summed E-state index contributed by atoms with van der Waals surface area (Å²) in [5.74, 6) is -0.950. The Bertz CT molecular complexity index is 439. The van der Waals surface area contributed by atoms with Crippen LogP contribution in [0.25, 0.3) is 0 Å². The molecule has 2 N–H and O–H groups in total. The number of carbonyl (C=O) groups excluding carboxylic acids is 2. The van der Waals surface area contributed by atoms with Crippen molar-refractivity contribution in [3.05, 3.63) is 0 Å². The Hall–Kier alpha value is -0.923. The van der Waals surface area contributed by atoms with Crippen molar-refractivity contribution >= 4 is 20.2 Å². The molecule has 1 aliphatic carbocycles. The first-order valence-electron chi connectivity index (χ1n) is 8.68. The van der Waals surface area contributed by atoms with E-state index in [-0.39, 0.29) is 23.0 Å². The van der Waals surface area contributed by atoms with Gasteiger partial charge < -0.3 is 19.6 Å². The Morgan fingerprint density at radius 3 is 2.17 bits per heavy atom. The number of methoxy groups -OCH3 is 1. The minimum atomic E-state index is -1.79. The lowest BCUT2D eigenvalue weighted by Gasteiger charge is -2.41. The molecule has 0 bridgehead atoms. The summed E-state index contributed by atoms with van der Waals surface area (Å²) in [5, 5.41) is 11.9. The van der Waals surface area contributed by atoms with E-state index in [1.54, 1.807) is 0 Å². The molecule has 0 aromatic rings. The molecule has 1 amide bonds. The standard InChI is InChI=1S/C17H33NO5Si/c1-17(2,3)24(5,6)23-13-9-7-12(8-10-13)15(20)18-14(11-19)16(21)22-4/h12-14,19H,7-11H2,1-6H3,(H,18,20)/t12-,13-,14-/m0/s1. The van der Waals surface area contributed by atoms with E-state index in [1.807, 2.05) is 0 Å². The molecule has 0 aromatic carbocycles. The van der Waals surface area contributed by atoms with Crippen LogP contribution in [0.2, 0.25) is 18.1 Å². The van der Waals surface area contributed by atoms with Gasteiger partial charge in [0.05, 0.1) is 13.7 Å². The minimum absolute atomic E-state index is 0.136. The van der Waals surface area contributed by atoms with E-state index in [2.05, 4.69) is 43.9 Å². The molecule has 1 aliphatic rings. The Kier molecular flexibility index (Phi) is 7.43. The zero-order chi connectivity index (χ0) is 18.5. The van der Waals surface area contributed by atoms with Crippen LogP contribution in [0.3, 0.4) is 0 Å². The van der Waals surface area contributed by atoms with Crippen LogP contribution in [0, 0.1) is 5.92 Å². The second kappa shape index (κ2) is 8.45. The van der Waals surface area contributed by atoms with Crippen molar-refractivity contribution in [2.45, 2.75) is 76.7 Å². The van der Waals surface area contributed by atoms with E-state index in [9.17, 15) is 14.7 Å². The molecule has 0 unspecified atom stereocenters. The lowest BCUT2D eigenvalue weighted by atomic mass is 9.87. The number of nitrogens with one attached hydrogen (secondary N) is 1. The van der Waals surface area contributed by atoms with Gasteiger partial charge in [0, 0.05) is 12.0 Å². The minimum Gasteiger partial charge on any atom is -0.467 e. The smallest absolute Gasteiger partial charge is 0.330 e. The fraction of sp³-hybridized carbons (Fsp3) is 0.882. The highest BCUT2D eigenvalue weighted by Gasteiger charge is 2.40. The largest absolute Gasteiger partial charge is 0.467 e. The molecular formula is C17H33NO5Si. The molecule has 0 saturated heterocycles. The average molecular weight is 360 g/mol. The monoisotopic (exact) mass is 359 g/mol. The van der Waals surface area contributed by atoms with E-state index < -0.39 is 26.9 Å². The second-order valence-corrected chi connectivity index (χ2v) is 12.9. The molecule has 0 aliphatic heterocycles. The predicted molar refractivity (Wildman–Crippen MR) is 95.1 cm³/mol. The van der Waals surface area contributed by atoms with Crippen LogP contribution in [-0.2, 0) is 18.8 Å². The van der Waals surface area contributed by atoms with Crippen molar-refractivity contribution in [3.63, 3.8) is 0 Å². The van der Waals surface area contributed by atoms with Crippen LogP contribution in [0.1, 0.15) is 46.5 Å². The molecule has 1 rings (SSSR count). The van der Waals surface area contributed by atoms with Gasteiger partial charge in [0.25, 0.3) is 0 Å². The highest BCUT2D eigenvalue weighted by atomic mass is 28.4. The number of esters is 1. The van der Waals surface area contributed by atoms with Gasteiger partial charge in [0.1, 0.15) is 0 Å². The SMILES string of the molecule is COC(=O)[C@H](CO)NC(=O)[C@H]1CC[C@H](O[Si](C)(C)C(C)(C)C)CC1. The predicted octanol–water partition coefficient (Wildman–Crippen LogP) is 2.22. The number of rotatable bonds is 6. The number of aliphatic hydroxyl groups is 1. The fourth-order valence-electron chi connectivity index (χ4n) is 2.65. The van der Waals surface area contributed by atoms with Gasteiger partial charge in [-0.1, -0.05) is 20.8 Å². The lowest BCUT2D eigenvalue weighted by Crippen LogP contribution is -2.48. The quantitative estimate of drug-likeness (QED) is 0.561. The Labute approximate surface area is 146 Å². The first-order valence-corrected chi connectivity index (χ1v) is 11.6. The van der Waals surface area contributed by atoms with Gasteiger partial charge in [0.2, 0.25) is 5.91 Å². The maximum absolute atomic E-state index is 12.3. The third-order valence-corrected chi connectivity index (χ3v) is 9.83. The van der Waals surface area contributed by atoms with Gasteiger partial charge in [-0.3, -0.25) is 4.79 Å². The van der Waals surface area contributed by atoms with Gasteiger partial charge in [-0.15, -0.1) is 0 Å². The maximum Gasteiger partial charge on any atom is 0.330 e. The maximum atomic E-state index is 12.3. The second-order valence-electron chi connectivity index (χ2n) is 8.12. The Morgan fingerprint density at radius 2 is 1.75 bits per heavy atom. The molecule has 24 heavy (non-hydrogen) atoms. The summed E-state index contributed by atoms with van der Waals surface area (Å²) in [6, 6.07) is -0.983. The van der Waals surface area contributed by atoms with Gasteiger partial charge >= 0.3 is 5.97 Å². The van der Waals surface area contributed by atoms with Gasteiger partial charge in [-0.25, -0.2) is 4.79 Å². The van der Waals surface area contributed by atoms with Crippen LogP contribution in [0.5, 0.6) is 0 Å². The summed E-state index contributed by atoms with van der Waals surface area (Å²) in [4.78, 5) is 23.7. The van der Waals surface area contributed by atoms with E-state index in [0.717, 1.165) is 25.7 Å². The summed E-state index contributed by atoms with van der Waals surface area (Å²) in [5.41, 5.74) is 0. The highest BCUT2D eigenvalue weighted by molar-refractivity contribution is 6.74. The van der Waals surface area contributed by atoms with Crippen LogP contribution in [0.4, 0.5) is 0 Å². The molecule has 0 radical (unpaired) electrons. The van der Waals surface area contributed by atoms with Gasteiger partial charge in [-0.05, 0) is 43.8 Å². The van der Waals surface area contributed by atoms with Crippen molar-refractivity contribution in [1.82, 2.24) is 5.32 Å². The summed E-state index contributed by atoms with van der Waals surface area (Å²) >= 11 is 0. The highest BCUT2D eigenvalue weighted by Crippen LogP contribution is 2.39. The molecule has 6 nitrogen and oxygen atoms in total. The van der Waals surface area contributed by atoms with Crippen molar-refractivity contribution in [2.75, 3.05) is 13.7 Å². The zero-order valence-electron chi connectivity index (χ0n) is 15.8.